The van der Waals surface area contributed by atoms with Crippen LogP contribution >= 0.6 is 12.2 Å². The molecule has 92 valence electrons. The first-order chi connectivity index (χ1) is 8.66. The standard InChI is InChI=1S/C12H11FN4S/c13-9-3-5-10(6-4-9)17-7-1-2-11(17)8-15-16-12(14)18/h1-8H,(H3,14,16,18)/b15-8-. The Balaban J connectivity index is 2.24. The van der Waals surface area contributed by atoms with Crippen molar-refractivity contribution in [2.24, 2.45) is 10.8 Å². The van der Waals surface area contributed by atoms with Crippen molar-refractivity contribution in [3.63, 3.8) is 0 Å². The summed E-state index contributed by atoms with van der Waals surface area (Å²) in [5.74, 6) is -0.267. The van der Waals surface area contributed by atoms with Crippen LogP contribution in [0, 0.1) is 5.82 Å². The van der Waals surface area contributed by atoms with Crippen LogP contribution in [0.2, 0.25) is 0 Å². The van der Waals surface area contributed by atoms with Gasteiger partial charge in [-0.25, -0.2) is 4.39 Å². The molecule has 0 aliphatic heterocycles. The Morgan fingerprint density at radius 2 is 2.06 bits per heavy atom. The Bertz CT molecular complexity index is 574. The predicted molar refractivity (Wildman–Crippen MR) is 73.2 cm³/mol. The van der Waals surface area contributed by atoms with Crippen LogP contribution in [0.1, 0.15) is 5.69 Å². The molecule has 0 bridgehead atoms. The smallest absolute Gasteiger partial charge is 0.184 e. The Hall–Kier alpha value is -2.21. The molecule has 0 saturated carbocycles. The summed E-state index contributed by atoms with van der Waals surface area (Å²) in [6.07, 6.45) is 3.44. The molecule has 18 heavy (non-hydrogen) atoms. The van der Waals surface area contributed by atoms with E-state index >= 15 is 0 Å². The first kappa shape index (κ1) is 12.3. The Labute approximate surface area is 109 Å². The van der Waals surface area contributed by atoms with Gasteiger partial charge in [-0.2, -0.15) is 5.10 Å². The Morgan fingerprint density at radius 1 is 1.33 bits per heavy atom. The van der Waals surface area contributed by atoms with E-state index in [0.29, 0.717) is 0 Å². The van der Waals surface area contributed by atoms with Crippen molar-refractivity contribution in [2.45, 2.75) is 0 Å². The SMILES string of the molecule is NC(=S)N/N=C\c1cccn1-c1ccc(F)cc1. The van der Waals surface area contributed by atoms with Gasteiger partial charge in [0.25, 0.3) is 0 Å². The van der Waals surface area contributed by atoms with E-state index in [0.717, 1.165) is 11.4 Å². The molecule has 0 unspecified atom stereocenters. The zero-order valence-corrected chi connectivity index (χ0v) is 10.2. The van der Waals surface area contributed by atoms with Crippen LogP contribution in [0.15, 0.2) is 47.7 Å². The summed E-state index contributed by atoms with van der Waals surface area (Å²) in [7, 11) is 0. The number of nitrogens with zero attached hydrogens (tertiary/aromatic N) is 2. The monoisotopic (exact) mass is 262 g/mol. The molecular formula is C12H11FN4S. The largest absolute Gasteiger partial charge is 0.375 e. The second-order valence-corrected chi connectivity index (χ2v) is 3.95. The number of thiocarbonyl (C=S) groups is 1. The number of hydrogen-bond acceptors (Lipinski definition) is 2. The molecular weight excluding hydrogens is 251 g/mol. The normalized spacial score (nSPS) is 10.7. The molecule has 4 nitrogen and oxygen atoms in total. The highest BCUT2D eigenvalue weighted by Crippen LogP contribution is 2.12. The zero-order valence-electron chi connectivity index (χ0n) is 9.38. The fourth-order valence-electron chi connectivity index (χ4n) is 1.50. The summed E-state index contributed by atoms with van der Waals surface area (Å²) >= 11 is 4.64. The van der Waals surface area contributed by atoms with Crippen molar-refractivity contribution in [3.8, 4) is 5.69 Å². The summed E-state index contributed by atoms with van der Waals surface area (Å²) in [5, 5.41) is 3.98. The van der Waals surface area contributed by atoms with Crippen LogP contribution < -0.4 is 11.2 Å². The average Bonchev–Trinajstić information content (AvgIpc) is 2.78. The number of benzene rings is 1. The molecule has 0 atom stereocenters. The van der Waals surface area contributed by atoms with Crippen molar-refractivity contribution < 1.29 is 4.39 Å². The van der Waals surface area contributed by atoms with E-state index in [2.05, 4.69) is 22.7 Å². The second-order valence-electron chi connectivity index (χ2n) is 3.51. The minimum atomic E-state index is -0.267. The molecule has 2 rings (SSSR count). The molecule has 0 aliphatic rings. The van der Waals surface area contributed by atoms with Gasteiger partial charge in [0.1, 0.15) is 5.82 Å². The molecule has 1 aromatic heterocycles. The lowest BCUT2D eigenvalue weighted by atomic mass is 10.3. The predicted octanol–water partition coefficient (Wildman–Crippen LogP) is 1.78. The summed E-state index contributed by atoms with van der Waals surface area (Å²) in [4.78, 5) is 0. The maximum atomic E-state index is 12.8. The van der Waals surface area contributed by atoms with Crippen LogP contribution in [0.4, 0.5) is 4.39 Å². The minimum absolute atomic E-state index is 0.103. The summed E-state index contributed by atoms with van der Waals surface area (Å²) < 4.78 is 14.7. The zero-order chi connectivity index (χ0) is 13.0. The molecule has 1 aromatic carbocycles. The van der Waals surface area contributed by atoms with E-state index in [9.17, 15) is 4.39 Å². The van der Waals surface area contributed by atoms with Gasteiger partial charge in [0.2, 0.25) is 0 Å². The van der Waals surface area contributed by atoms with Crippen molar-refractivity contribution >= 4 is 23.5 Å². The Morgan fingerprint density at radius 3 is 2.72 bits per heavy atom. The third-order valence-electron chi connectivity index (χ3n) is 2.26. The quantitative estimate of drug-likeness (QED) is 0.503. The molecule has 0 aliphatic carbocycles. The number of aromatic nitrogens is 1. The first-order valence-electron chi connectivity index (χ1n) is 5.18. The maximum absolute atomic E-state index is 12.8. The summed E-state index contributed by atoms with van der Waals surface area (Å²) in [6, 6.07) is 9.92. The van der Waals surface area contributed by atoms with Gasteiger partial charge in [-0.3, -0.25) is 5.43 Å². The molecule has 0 spiro atoms. The van der Waals surface area contributed by atoms with Gasteiger partial charge in [0, 0.05) is 11.9 Å². The van der Waals surface area contributed by atoms with Gasteiger partial charge >= 0.3 is 0 Å². The lowest BCUT2D eigenvalue weighted by molar-refractivity contribution is 0.627. The van der Waals surface area contributed by atoms with Gasteiger partial charge in [-0.05, 0) is 48.6 Å². The molecule has 1 heterocycles. The van der Waals surface area contributed by atoms with Gasteiger partial charge < -0.3 is 10.3 Å². The molecule has 3 N–H and O–H groups in total. The molecule has 2 aromatic rings. The van der Waals surface area contributed by atoms with Gasteiger partial charge in [-0.15, -0.1) is 0 Å². The highest BCUT2D eigenvalue weighted by molar-refractivity contribution is 7.80. The molecule has 0 fully saturated rings. The number of rotatable bonds is 3. The van der Waals surface area contributed by atoms with Crippen molar-refractivity contribution in [1.29, 1.82) is 0 Å². The van der Waals surface area contributed by atoms with Crippen molar-refractivity contribution in [2.75, 3.05) is 0 Å². The van der Waals surface area contributed by atoms with Crippen LogP contribution in [0.5, 0.6) is 0 Å². The maximum Gasteiger partial charge on any atom is 0.184 e. The number of nitrogens with two attached hydrogens (primary N) is 1. The first-order valence-corrected chi connectivity index (χ1v) is 5.59. The van der Waals surface area contributed by atoms with Crippen LogP contribution in [-0.2, 0) is 0 Å². The van der Waals surface area contributed by atoms with E-state index in [1.54, 1.807) is 18.3 Å². The van der Waals surface area contributed by atoms with Gasteiger partial charge in [0.15, 0.2) is 5.11 Å². The van der Waals surface area contributed by atoms with E-state index in [-0.39, 0.29) is 10.9 Å². The minimum Gasteiger partial charge on any atom is -0.375 e. The highest BCUT2D eigenvalue weighted by atomic mass is 32.1. The van der Waals surface area contributed by atoms with Crippen molar-refractivity contribution in [3.05, 3.63) is 54.1 Å². The van der Waals surface area contributed by atoms with Gasteiger partial charge in [0.05, 0.1) is 11.9 Å². The van der Waals surface area contributed by atoms with E-state index in [1.807, 2.05) is 22.9 Å². The number of hydrogen-bond donors (Lipinski definition) is 2. The number of halogens is 1. The fraction of sp³-hybridized carbons (Fsp3) is 0. The van der Waals surface area contributed by atoms with Crippen LogP contribution in [-0.4, -0.2) is 15.9 Å². The Kier molecular flexibility index (Phi) is 3.69. The average molecular weight is 262 g/mol. The third-order valence-corrected chi connectivity index (χ3v) is 2.35. The second kappa shape index (κ2) is 5.42. The number of hydrazone groups is 1. The molecule has 0 saturated heterocycles. The van der Waals surface area contributed by atoms with E-state index < -0.39 is 0 Å². The van der Waals surface area contributed by atoms with E-state index in [4.69, 9.17) is 5.73 Å². The van der Waals surface area contributed by atoms with Crippen molar-refractivity contribution in [1.82, 2.24) is 9.99 Å². The summed E-state index contributed by atoms with van der Waals surface area (Å²) in [5.41, 5.74) is 9.40. The van der Waals surface area contributed by atoms with Crippen LogP contribution in [0.25, 0.3) is 5.69 Å². The van der Waals surface area contributed by atoms with E-state index in [1.165, 1.54) is 12.1 Å². The fourth-order valence-corrected chi connectivity index (χ4v) is 1.55. The number of nitrogens with one attached hydrogen (secondary N) is 1. The lowest BCUT2D eigenvalue weighted by Crippen LogP contribution is -2.24. The molecule has 0 radical (unpaired) electrons. The summed E-state index contributed by atoms with van der Waals surface area (Å²) in [6.45, 7) is 0. The lowest BCUT2D eigenvalue weighted by Gasteiger charge is -2.05. The highest BCUT2D eigenvalue weighted by Gasteiger charge is 2.01. The molecule has 0 amide bonds. The van der Waals surface area contributed by atoms with Gasteiger partial charge in [-0.1, -0.05) is 0 Å². The van der Waals surface area contributed by atoms with Crippen LogP contribution in [0.3, 0.4) is 0 Å². The topological polar surface area (TPSA) is 55.3 Å². The third kappa shape index (κ3) is 2.92. The molecule has 6 heteroatoms.